The zero-order valence-corrected chi connectivity index (χ0v) is 21.6. The summed E-state index contributed by atoms with van der Waals surface area (Å²) in [5, 5.41) is 16.9. The number of carbonyl (C=O) groups excluding carboxylic acids is 1. The van der Waals surface area contributed by atoms with Crippen LogP contribution >= 0.6 is 23.2 Å². The molecule has 2 saturated heterocycles. The highest BCUT2D eigenvalue weighted by Crippen LogP contribution is 2.37. The molecule has 2 aliphatic rings. The van der Waals surface area contributed by atoms with Crippen molar-refractivity contribution >= 4 is 40.7 Å². The monoisotopic (exact) mass is 592 g/mol. The number of aliphatic carboxylic acids is 1. The number of nitrogens with one attached hydrogen (secondary N) is 2. The van der Waals surface area contributed by atoms with Gasteiger partial charge in [-0.05, 0) is 48.9 Å². The summed E-state index contributed by atoms with van der Waals surface area (Å²) in [4.78, 5) is 39.9. The maximum absolute atomic E-state index is 14.6. The Hall–Kier alpha value is -3.23. The van der Waals surface area contributed by atoms with Gasteiger partial charge in [0.05, 0.1) is 5.56 Å². The Morgan fingerprint density at radius 2 is 1.82 bits per heavy atom. The molecule has 5 rings (SSSR count). The van der Waals surface area contributed by atoms with Gasteiger partial charge in [0, 0.05) is 26.1 Å². The fourth-order valence-corrected chi connectivity index (χ4v) is 5.07. The predicted molar refractivity (Wildman–Crippen MR) is 132 cm³/mol. The Labute approximate surface area is 227 Å². The quantitative estimate of drug-likeness (QED) is 0.397. The molecule has 3 aromatic rings. The second-order valence-corrected chi connectivity index (χ2v) is 10.1. The van der Waals surface area contributed by atoms with Crippen molar-refractivity contribution in [2.75, 3.05) is 26.2 Å². The largest absolute Gasteiger partial charge is 0.490 e. The number of hydrogen-bond acceptors (Lipinski definition) is 6. The van der Waals surface area contributed by atoms with E-state index < -0.39 is 23.7 Å². The van der Waals surface area contributed by atoms with Crippen molar-refractivity contribution in [1.82, 2.24) is 29.8 Å². The highest BCUT2D eigenvalue weighted by atomic mass is 35.5. The van der Waals surface area contributed by atoms with Crippen molar-refractivity contribution in [1.29, 1.82) is 0 Å². The molecular formula is C23H22Cl2F4N6O4. The normalized spacial score (nSPS) is 16.8. The Bertz CT molecular complexity index is 1460. The third-order valence-corrected chi connectivity index (χ3v) is 7.56. The van der Waals surface area contributed by atoms with Crippen LogP contribution in [0.5, 0.6) is 0 Å². The first-order valence-electron chi connectivity index (χ1n) is 11.7. The maximum Gasteiger partial charge on any atom is 0.490 e. The van der Waals surface area contributed by atoms with Crippen LogP contribution in [0, 0.1) is 11.2 Å². The molecule has 3 N–H and O–H groups in total. The van der Waals surface area contributed by atoms with Gasteiger partial charge < -0.3 is 15.3 Å². The van der Waals surface area contributed by atoms with Crippen LogP contribution in [0.2, 0.25) is 10.3 Å². The third kappa shape index (κ3) is 6.17. The van der Waals surface area contributed by atoms with Crippen LogP contribution in [-0.2, 0) is 11.2 Å². The predicted octanol–water partition coefficient (Wildman–Crippen LogP) is 3.30. The van der Waals surface area contributed by atoms with Crippen LogP contribution in [0.15, 0.2) is 23.0 Å². The lowest BCUT2D eigenvalue weighted by molar-refractivity contribution is -0.192. The lowest BCUT2D eigenvalue weighted by Crippen LogP contribution is -2.44. The van der Waals surface area contributed by atoms with E-state index in [1.807, 2.05) is 0 Å². The molecular weight excluding hydrogens is 571 g/mol. The smallest absolute Gasteiger partial charge is 0.475 e. The van der Waals surface area contributed by atoms with Gasteiger partial charge in [-0.1, -0.05) is 29.3 Å². The first-order chi connectivity index (χ1) is 18.3. The molecule has 2 aliphatic heterocycles. The van der Waals surface area contributed by atoms with E-state index in [-0.39, 0.29) is 39.3 Å². The molecule has 10 nitrogen and oxygen atoms in total. The minimum atomic E-state index is -5.08. The number of carboxylic acids is 1. The molecule has 0 saturated carbocycles. The Morgan fingerprint density at radius 3 is 2.41 bits per heavy atom. The Balaban J connectivity index is 0.000000448. The molecule has 1 aromatic carbocycles. The van der Waals surface area contributed by atoms with E-state index in [4.69, 9.17) is 33.1 Å². The van der Waals surface area contributed by atoms with Crippen LogP contribution < -0.4 is 11.0 Å². The lowest BCUT2D eigenvalue weighted by Gasteiger charge is -2.39. The van der Waals surface area contributed by atoms with Crippen LogP contribution in [0.25, 0.3) is 5.65 Å². The summed E-state index contributed by atoms with van der Waals surface area (Å²) in [7, 11) is 0. The number of imidazole rings is 1. The Morgan fingerprint density at radius 1 is 1.15 bits per heavy atom. The molecule has 0 atom stereocenters. The molecule has 1 amide bonds. The zero-order valence-electron chi connectivity index (χ0n) is 20.1. The number of benzene rings is 1. The average Bonchev–Trinajstić information content (AvgIpc) is 3.46. The van der Waals surface area contributed by atoms with Gasteiger partial charge in [0.25, 0.3) is 5.91 Å². The van der Waals surface area contributed by atoms with Crippen molar-refractivity contribution < 1.29 is 32.3 Å². The van der Waals surface area contributed by atoms with E-state index in [2.05, 4.69) is 20.5 Å². The molecule has 2 fully saturated rings. The summed E-state index contributed by atoms with van der Waals surface area (Å²) in [6.45, 7) is 3.25. The number of likely N-dealkylation sites (tertiary alicyclic amines) is 1. The number of piperidine rings is 1. The van der Waals surface area contributed by atoms with Crippen LogP contribution in [0.1, 0.15) is 40.9 Å². The van der Waals surface area contributed by atoms with Crippen molar-refractivity contribution in [3.8, 4) is 0 Å². The molecule has 1 spiro atoms. The number of carbonyl (C=O) groups is 2. The van der Waals surface area contributed by atoms with Gasteiger partial charge in [-0.25, -0.2) is 28.5 Å². The van der Waals surface area contributed by atoms with E-state index in [9.17, 15) is 27.2 Å². The third-order valence-electron chi connectivity index (χ3n) is 6.85. The highest BCUT2D eigenvalue weighted by molar-refractivity contribution is 6.40. The van der Waals surface area contributed by atoms with Crippen molar-refractivity contribution in [3.63, 3.8) is 0 Å². The molecule has 0 bridgehead atoms. The van der Waals surface area contributed by atoms with Gasteiger partial charge >= 0.3 is 17.8 Å². The molecule has 16 heteroatoms. The van der Waals surface area contributed by atoms with E-state index >= 15 is 0 Å². The van der Waals surface area contributed by atoms with E-state index in [0.29, 0.717) is 24.3 Å². The number of aromatic nitrogens is 4. The number of carboxylic acid groups (broad SMARTS) is 1. The number of aromatic amines is 1. The minimum Gasteiger partial charge on any atom is -0.475 e. The Kier molecular flexibility index (Phi) is 8.19. The number of halogens is 6. The topological polar surface area (TPSA) is 133 Å². The number of fused-ring (bicyclic) bond motifs is 1. The molecule has 0 unspecified atom stereocenters. The van der Waals surface area contributed by atoms with Crippen molar-refractivity contribution in [3.05, 3.63) is 61.6 Å². The number of nitrogens with zero attached hydrogens (tertiary/aromatic N) is 4. The summed E-state index contributed by atoms with van der Waals surface area (Å²) in [5.74, 6) is -3.63. The SMILES string of the molecule is O=C(O)C(F)(F)F.O=C(c1cc(Cc2n[nH]c(=O)n3c(Cl)c(Cl)nc23)ccc1F)N1CCC2(CCNC2)CC1. The second kappa shape index (κ2) is 11.1. The summed E-state index contributed by atoms with van der Waals surface area (Å²) in [6.07, 6.45) is -1.90. The fourth-order valence-electron chi connectivity index (χ4n) is 4.70. The van der Waals surface area contributed by atoms with Gasteiger partial charge in [0.2, 0.25) is 0 Å². The average molecular weight is 593 g/mol. The summed E-state index contributed by atoms with van der Waals surface area (Å²) in [5.41, 5.74) is 1.00. The number of hydrogen-bond donors (Lipinski definition) is 3. The van der Waals surface area contributed by atoms with Gasteiger partial charge in [-0.3, -0.25) is 4.79 Å². The molecule has 210 valence electrons. The maximum atomic E-state index is 14.6. The molecule has 2 aromatic heterocycles. The zero-order chi connectivity index (χ0) is 28.5. The number of amides is 1. The minimum absolute atomic E-state index is 0.0122. The summed E-state index contributed by atoms with van der Waals surface area (Å²) in [6, 6.07) is 4.40. The van der Waals surface area contributed by atoms with Crippen LogP contribution in [-0.4, -0.2) is 73.8 Å². The highest BCUT2D eigenvalue weighted by Gasteiger charge is 2.39. The van der Waals surface area contributed by atoms with Crippen LogP contribution in [0.4, 0.5) is 17.6 Å². The fraction of sp³-hybridized carbons (Fsp3) is 0.435. The molecule has 0 radical (unpaired) electrons. The first-order valence-corrected chi connectivity index (χ1v) is 12.5. The molecule has 39 heavy (non-hydrogen) atoms. The van der Waals surface area contributed by atoms with E-state index in [1.165, 1.54) is 12.1 Å². The van der Waals surface area contributed by atoms with E-state index in [1.54, 1.807) is 11.0 Å². The van der Waals surface area contributed by atoms with Crippen molar-refractivity contribution in [2.24, 2.45) is 5.41 Å². The van der Waals surface area contributed by atoms with Gasteiger partial charge in [-0.15, -0.1) is 0 Å². The molecule has 4 heterocycles. The van der Waals surface area contributed by atoms with Gasteiger partial charge in [0.15, 0.2) is 16.0 Å². The van der Waals surface area contributed by atoms with E-state index in [0.717, 1.165) is 36.8 Å². The van der Waals surface area contributed by atoms with Crippen LogP contribution in [0.3, 0.4) is 0 Å². The summed E-state index contributed by atoms with van der Waals surface area (Å²) >= 11 is 12.0. The summed E-state index contributed by atoms with van der Waals surface area (Å²) < 4.78 is 47.5. The number of H-pyrrole nitrogens is 1. The first kappa shape index (κ1) is 28.8. The van der Waals surface area contributed by atoms with Gasteiger partial charge in [0.1, 0.15) is 11.5 Å². The number of rotatable bonds is 3. The van der Waals surface area contributed by atoms with Gasteiger partial charge in [-0.2, -0.15) is 18.3 Å². The number of alkyl halides is 3. The standard InChI is InChI=1S/C21H21Cl2FN6O2.C2HF3O2/c22-16-17(23)30-18(26-16)15(27-28-20(30)32)10-12-1-2-14(24)13(9-12)19(31)29-7-4-21(5-8-29)3-6-25-11-21;3-2(4,5)1(6)7/h1-2,9,25H,3-8,10-11H2,(H,28,32);(H,6,7). The molecule has 0 aliphatic carbocycles. The van der Waals surface area contributed by atoms with Crippen molar-refractivity contribution in [2.45, 2.75) is 31.9 Å². The second-order valence-electron chi connectivity index (χ2n) is 9.34. The lowest BCUT2D eigenvalue weighted by atomic mass is 9.78.